The highest BCUT2D eigenvalue weighted by atomic mass is 32.2. The second-order valence-corrected chi connectivity index (χ2v) is 8.65. The van der Waals surface area contributed by atoms with E-state index in [2.05, 4.69) is 38.2 Å². The summed E-state index contributed by atoms with van der Waals surface area (Å²) in [6.07, 6.45) is 3.97. The van der Waals surface area contributed by atoms with Gasteiger partial charge in [-0.3, -0.25) is 4.79 Å². The van der Waals surface area contributed by atoms with E-state index in [0.29, 0.717) is 5.75 Å². The molecular formula is C22H34F3NO3S. The molecule has 2 N–H and O–H groups in total. The molecule has 1 atom stereocenters. The predicted octanol–water partition coefficient (Wildman–Crippen LogP) is 6.05. The maximum Gasteiger partial charge on any atom is 0.389 e. The first-order valence-corrected chi connectivity index (χ1v) is 11.2. The topological polar surface area (TPSA) is 66.4 Å². The van der Waals surface area contributed by atoms with E-state index in [9.17, 15) is 22.8 Å². The molecular weight excluding hydrogens is 415 g/mol. The van der Waals surface area contributed by atoms with E-state index in [1.165, 1.54) is 28.5 Å². The molecule has 0 aromatic carbocycles. The number of thioether (sulfide) groups is 1. The second kappa shape index (κ2) is 15.2. The number of hydrogen-bond acceptors (Lipinski definition) is 3. The second-order valence-electron chi connectivity index (χ2n) is 7.57. The molecule has 0 rings (SSSR count). The van der Waals surface area contributed by atoms with Gasteiger partial charge in [-0.15, -0.1) is 0 Å². The molecule has 0 spiro atoms. The fourth-order valence-corrected chi connectivity index (χ4v) is 3.42. The van der Waals surface area contributed by atoms with Crippen molar-refractivity contribution < 1.29 is 27.9 Å². The van der Waals surface area contributed by atoms with E-state index < -0.39 is 36.9 Å². The van der Waals surface area contributed by atoms with Crippen molar-refractivity contribution in [1.29, 1.82) is 0 Å². The third kappa shape index (κ3) is 17.2. The average Bonchev–Trinajstić information content (AvgIpc) is 2.61. The number of carboxylic acid groups (broad SMARTS) is 1. The third-order valence-electron chi connectivity index (χ3n) is 4.23. The van der Waals surface area contributed by atoms with Gasteiger partial charge < -0.3 is 10.4 Å². The van der Waals surface area contributed by atoms with Crippen LogP contribution in [-0.2, 0) is 9.59 Å². The van der Waals surface area contributed by atoms with Crippen LogP contribution in [0.15, 0.2) is 34.9 Å². The quantitative estimate of drug-likeness (QED) is 0.250. The van der Waals surface area contributed by atoms with E-state index in [1.54, 1.807) is 0 Å². The van der Waals surface area contributed by atoms with Gasteiger partial charge in [0, 0.05) is 17.9 Å². The Morgan fingerprint density at radius 1 is 0.967 bits per heavy atom. The summed E-state index contributed by atoms with van der Waals surface area (Å²) in [6, 6.07) is -1.20. The Kier molecular flexibility index (Phi) is 14.3. The van der Waals surface area contributed by atoms with Gasteiger partial charge in [0.15, 0.2) is 0 Å². The zero-order chi connectivity index (χ0) is 23.2. The molecule has 0 fully saturated rings. The first-order valence-electron chi connectivity index (χ1n) is 10.0. The molecule has 0 aromatic heterocycles. The lowest BCUT2D eigenvalue weighted by atomic mass is 10.1. The standard InChI is InChI=1S/C22H34F3NO3S/c1-16(2)7-5-8-17(3)9-6-10-18(4)12-14-30-15-19(21(28)29)26-20(27)11-13-22(23,24)25/h7,9,12,19H,5-6,8,10-11,13-15H2,1-4H3,(H,26,27)(H,28,29)/t19-/m0/s1. The first kappa shape index (κ1) is 28.3. The average molecular weight is 450 g/mol. The Balaban J connectivity index is 4.24. The van der Waals surface area contributed by atoms with Crippen molar-refractivity contribution in [3.8, 4) is 0 Å². The van der Waals surface area contributed by atoms with E-state index in [-0.39, 0.29) is 5.75 Å². The predicted molar refractivity (Wildman–Crippen MR) is 118 cm³/mol. The van der Waals surface area contributed by atoms with Gasteiger partial charge in [-0.25, -0.2) is 4.79 Å². The molecule has 0 saturated carbocycles. The number of aliphatic carboxylic acids is 1. The van der Waals surface area contributed by atoms with Gasteiger partial charge in [0.1, 0.15) is 6.04 Å². The molecule has 0 aliphatic carbocycles. The number of amides is 1. The summed E-state index contributed by atoms with van der Waals surface area (Å²) in [5.74, 6) is -1.48. The van der Waals surface area contributed by atoms with Gasteiger partial charge in [-0.2, -0.15) is 24.9 Å². The van der Waals surface area contributed by atoms with Crippen molar-refractivity contribution >= 4 is 23.6 Å². The third-order valence-corrected chi connectivity index (χ3v) is 5.20. The Bertz CT molecular complexity index is 636. The van der Waals surface area contributed by atoms with Crippen LogP contribution >= 0.6 is 11.8 Å². The molecule has 172 valence electrons. The Morgan fingerprint density at radius 3 is 2.07 bits per heavy atom. The van der Waals surface area contributed by atoms with Crippen LogP contribution < -0.4 is 5.32 Å². The molecule has 0 bridgehead atoms. The minimum Gasteiger partial charge on any atom is -0.480 e. The molecule has 8 heteroatoms. The van der Waals surface area contributed by atoms with Gasteiger partial charge in [-0.05, 0) is 53.4 Å². The highest BCUT2D eigenvalue weighted by Crippen LogP contribution is 2.21. The van der Waals surface area contributed by atoms with E-state index in [4.69, 9.17) is 5.11 Å². The number of carbonyl (C=O) groups excluding carboxylic acids is 1. The molecule has 0 aliphatic heterocycles. The smallest absolute Gasteiger partial charge is 0.389 e. The normalized spacial score (nSPS) is 13.7. The lowest BCUT2D eigenvalue weighted by Crippen LogP contribution is -2.42. The number of rotatable bonds is 14. The van der Waals surface area contributed by atoms with Crippen LogP contribution in [0.25, 0.3) is 0 Å². The maximum absolute atomic E-state index is 12.1. The highest BCUT2D eigenvalue weighted by molar-refractivity contribution is 7.99. The van der Waals surface area contributed by atoms with Crippen molar-refractivity contribution in [2.45, 2.75) is 78.4 Å². The summed E-state index contributed by atoms with van der Waals surface area (Å²) in [5, 5.41) is 11.3. The largest absolute Gasteiger partial charge is 0.480 e. The Labute approximate surface area is 182 Å². The molecule has 0 saturated heterocycles. The Morgan fingerprint density at radius 2 is 1.53 bits per heavy atom. The van der Waals surface area contributed by atoms with Crippen molar-refractivity contribution in [1.82, 2.24) is 5.32 Å². The molecule has 0 aliphatic rings. The van der Waals surface area contributed by atoms with Gasteiger partial charge in [0.05, 0.1) is 6.42 Å². The van der Waals surface area contributed by atoms with Gasteiger partial charge >= 0.3 is 12.1 Å². The summed E-state index contributed by atoms with van der Waals surface area (Å²) in [7, 11) is 0. The fourth-order valence-electron chi connectivity index (χ4n) is 2.42. The zero-order valence-corrected chi connectivity index (χ0v) is 19.1. The zero-order valence-electron chi connectivity index (χ0n) is 18.3. The minimum atomic E-state index is -4.44. The van der Waals surface area contributed by atoms with Crippen molar-refractivity contribution in [2.24, 2.45) is 0 Å². The number of nitrogens with one attached hydrogen (secondary N) is 1. The Hall–Kier alpha value is -1.70. The fraction of sp³-hybridized carbons (Fsp3) is 0.636. The number of allylic oxidation sites excluding steroid dienone is 5. The summed E-state index contributed by atoms with van der Waals surface area (Å²) in [4.78, 5) is 22.7. The SMILES string of the molecule is CC(C)=CCCC(C)=CCCC(C)=CCSC[C@H](NC(=O)CCC(F)(F)F)C(=O)O. The lowest BCUT2D eigenvalue weighted by molar-refractivity contribution is -0.146. The minimum absolute atomic E-state index is 0.0975. The summed E-state index contributed by atoms with van der Waals surface area (Å²) < 4.78 is 36.4. The van der Waals surface area contributed by atoms with E-state index in [0.717, 1.165) is 25.7 Å². The van der Waals surface area contributed by atoms with E-state index in [1.807, 2.05) is 13.0 Å². The maximum atomic E-state index is 12.1. The number of hydrogen-bond donors (Lipinski definition) is 2. The van der Waals surface area contributed by atoms with E-state index >= 15 is 0 Å². The molecule has 0 radical (unpaired) electrons. The van der Waals surface area contributed by atoms with Crippen LogP contribution in [0, 0.1) is 0 Å². The van der Waals surface area contributed by atoms with Crippen LogP contribution in [-0.4, -0.2) is 40.7 Å². The van der Waals surface area contributed by atoms with Gasteiger partial charge in [0.25, 0.3) is 0 Å². The van der Waals surface area contributed by atoms with Crippen LogP contribution in [0.3, 0.4) is 0 Å². The molecule has 4 nitrogen and oxygen atoms in total. The molecule has 1 amide bonds. The molecule has 30 heavy (non-hydrogen) atoms. The first-order chi connectivity index (χ1) is 13.9. The summed E-state index contributed by atoms with van der Waals surface area (Å²) in [6.45, 7) is 8.32. The van der Waals surface area contributed by atoms with Crippen LogP contribution in [0.4, 0.5) is 13.2 Å². The lowest BCUT2D eigenvalue weighted by Gasteiger charge is -2.14. The number of carboxylic acids is 1. The number of alkyl halides is 3. The van der Waals surface area contributed by atoms with Crippen molar-refractivity contribution in [2.75, 3.05) is 11.5 Å². The van der Waals surface area contributed by atoms with Gasteiger partial charge in [-0.1, -0.05) is 34.9 Å². The summed E-state index contributed by atoms with van der Waals surface area (Å²) in [5.41, 5.74) is 3.88. The van der Waals surface area contributed by atoms with Crippen LogP contribution in [0.5, 0.6) is 0 Å². The molecule has 0 heterocycles. The van der Waals surface area contributed by atoms with Crippen LogP contribution in [0.1, 0.15) is 66.2 Å². The molecule has 0 aromatic rings. The summed E-state index contributed by atoms with van der Waals surface area (Å²) >= 11 is 1.32. The van der Waals surface area contributed by atoms with Gasteiger partial charge in [0.2, 0.25) is 5.91 Å². The van der Waals surface area contributed by atoms with Crippen LogP contribution in [0.2, 0.25) is 0 Å². The van der Waals surface area contributed by atoms with Crippen molar-refractivity contribution in [3.63, 3.8) is 0 Å². The monoisotopic (exact) mass is 449 g/mol. The van der Waals surface area contributed by atoms with Crippen molar-refractivity contribution in [3.05, 3.63) is 34.9 Å². The number of halogens is 3. The molecule has 0 unspecified atom stereocenters. The highest BCUT2D eigenvalue weighted by Gasteiger charge is 2.29. The number of carbonyl (C=O) groups is 2.